The van der Waals surface area contributed by atoms with E-state index in [1.54, 1.807) is 0 Å². The summed E-state index contributed by atoms with van der Waals surface area (Å²) in [7, 11) is 0. The summed E-state index contributed by atoms with van der Waals surface area (Å²) in [5.74, 6) is 5.97. The smallest absolute Gasteiger partial charge is 0.127 e. The number of hydrogen-bond donors (Lipinski definition) is 2. The largest absolute Gasteiger partial charge is 0.271 e. The van der Waals surface area contributed by atoms with Crippen molar-refractivity contribution in [3.05, 3.63) is 55.9 Å². The van der Waals surface area contributed by atoms with Gasteiger partial charge in [0, 0.05) is 21.3 Å². The van der Waals surface area contributed by atoms with Crippen molar-refractivity contribution in [3.63, 3.8) is 0 Å². The van der Waals surface area contributed by atoms with E-state index in [9.17, 15) is 4.39 Å². The van der Waals surface area contributed by atoms with Gasteiger partial charge in [-0.2, -0.15) is 0 Å². The van der Waals surface area contributed by atoms with Gasteiger partial charge in [0.25, 0.3) is 0 Å². The summed E-state index contributed by atoms with van der Waals surface area (Å²) in [6, 6.07) is 7.49. The first-order valence-corrected chi connectivity index (χ1v) is 8.82. The van der Waals surface area contributed by atoms with Crippen molar-refractivity contribution < 1.29 is 4.39 Å². The lowest BCUT2D eigenvalue weighted by atomic mass is 9.80. The van der Waals surface area contributed by atoms with Crippen LogP contribution in [0.5, 0.6) is 0 Å². The Morgan fingerprint density at radius 2 is 2.29 bits per heavy atom. The maximum absolute atomic E-state index is 14.1. The topological polar surface area (TPSA) is 38.0 Å². The first-order chi connectivity index (χ1) is 10.2. The summed E-state index contributed by atoms with van der Waals surface area (Å²) in [5.41, 5.74) is 5.03. The van der Waals surface area contributed by atoms with Crippen molar-refractivity contribution in [2.24, 2.45) is 5.84 Å². The second-order valence-electron chi connectivity index (χ2n) is 5.51. The minimum atomic E-state index is -0.175. The van der Waals surface area contributed by atoms with Crippen molar-refractivity contribution in [3.8, 4) is 0 Å². The first-order valence-electron chi connectivity index (χ1n) is 7.15. The Hall–Kier alpha value is -0.750. The molecule has 2 unspecified atom stereocenters. The monoisotopic (exact) mass is 368 g/mol. The fraction of sp³-hybridized carbons (Fsp3) is 0.375. The van der Waals surface area contributed by atoms with E-state index in [2.05, 4.69) is 32.8 Å². The molecule has 21 heavy (non-hydrogen) atoms. The number of benzene rings is 1. The van der Waals surface area contributed by atoms with Gasteiger partial charge in [-0.05, 0) is 60.4 Å². The standard InChI is InChI=1S/C16H18BrFN2S/c17-11-5-4-10(14(18)9-11)8-15(20-19)12-2-1-3-16-13(12)6-7-21-16/h4-7,9,12,15,20H,1-3,8,19H2. The Labute approximate surface area is 136 Å². The molecule has 1 aliphatic rings. The fourth-order valence-electron chi connectivity index (χ4n) is 3.18. The molecule has 3 rings (SSSR count). The van der Waals surface area contributed by atoms with Gasteiger partial charge < -0.3 is 0 Å². The normalized spacial score (nSPS) is 19.3. The van der Waals surface area contributed by atoms with E-state index < -0.39 is 0 Å². The molecule has 1 aromatic heterocycles. The molecule has 5 heteroatoms. The molecule has 1 heterocycles. The third-order valence-electron chi connectivity index (χ3n) is 4.25. The van der Waals surface area contributed by atoms with Crippen LogP contribution in [-0.4, -0.2) is 6.04 Å². The van der Waals surface area contributed by atoms with E-state index in [0.717, 1.165) is 17.3 Å². The van der Waals surface area contributed by atoms with Gasteiger partial charge in [0.15, 0.2) is 0 Å². The highest BCUT2D eigenvalue weighted by atomic mass is 79.9. The average Bonchev–Trinajstić information content (AvgIpc) is 2.95. The summed E-state index contributed by atoms with van der Waals surface area (Å²) in [4.78, 5) is 1.46. The van der Waals surface area contributed by atoms with Crippen molar-refractivity contribution >= 4 is 27.3 Å². The van der Waals surface area contributed by atoms with Crippen molar-refractivity contribution in [2.75, 3.05) is 0 Å². The summed E-state index contributed by atoms with van der Waals surface area (Å²) in [5, 5.41) is 2.15. The summed E-state index contributed by atoms with van der Waals surface area (Å²) >= 11 is 5.11. The highest BCUT2D eigenvalue weighted by Gasteiger charge is 2.28. The number of aryl methyl sites for hydroxylation is 1. The zero-order valence-electron chi connectivity index (χ0n) is 11.6. The van der Waals surface area contributed by atoms with Gasteiger partial charge >= 0.3 is 0 Å². The van der Waals surface area contributed by atoms with Crippen LogP contribution >= 0.6 is 27.3 Å². The summed E-state index contributed by atoms with van der Waals surface area (Å²) in [6.07, 6.45) is 4.05. The van der Waals surface area contributed by atoms with Gasteiger partial charge in [-0.15, -0.1) is 11.3 Å². The van der Waals surface area contributed by atoms with Crippen LogP contribution in [0.25, 0.3) is 0 Å². The third-order valence-corrected chi connectivity index (χ3v) is 5.74. The van der Waals surface area contributed by atoms with E-state index in [1.165, 1.54) is 22.9 Å². The molecule has 0 fully saturated rings. The van der Waals surface area contributed by atoms with Crippen LogP contribution in [0.1, 0.15) is 34.8 Å². The van der Waals surface area contributed by atoms with Gasteiger partial charge in [-0.1, -0.05) is 22.0 Å². The molecule has 1 aliphatic carbocycles. The van der Waals surface area contributed by atoms with Crippen LogP contribution in [0.2, 0.25) is 0 Å². The van der Waals surface area contributed by atoms with Crippen molar-refractivity contribution in [1.29, 1.82) is 0 Å². The average molecular weight is 369 g/mol. The number of hydrazine groups is 1. The molecule has 0 radical (unpaired) electrons. The molecule has 112 valence electrons. The minimum absolute atomic E-state index is 0.0642. The highest BCUT2D eigenvalue weighted by molar-refractivity contribution is 9.10. The predicted octanol–water partition coefficient (Wildman–Crippen LogP) is 4.14. The first kappa shape index (κ1) is 15.2. The van der Waals surface area contributed by atoms with E-state index in [1.807, 2.05) is 23.5 Å². The lowest BCUT2D eigenvalue weighted by molar-refractivity contribution is 0.393. The summed E-state index contributed by atoms with van der Waals surface area (Å²) < 4.78 is 14.8. The van der Waals surface area contributed by atoms with Crippen LogP contribution in [0.3, 0.4) is 0 Å². The molecule has 0 aliphatic heterocycles. The molecule has 3 N–H and O–H groups in total. The van der Waals surface area contributed by atoms with Crippen LogP contribution < -0.4 is 11.3 Å². The second-order valence-corrected chi connectivity index (χ2v) is 7.43. The van der Waals surface area contributed by atoms with E-state index in [0.29, 0.717) is 17.9 Å². The maximum atomic E-state index is 14.1. The van der Waals surface area contributed by atoms with Crippen LogP contribution in [0, 0.1) is 5.82 Å². The van der Waals surface area contributed by atoms with E-state index >= 15 is 0 Å². The van der Waals surface area contributed by atoms with Gasteiger partial charge in [0.1, 0.15) is 5.82 Å². The molecular weight excluding hydrogens is 351 g/mol. The number of nitrogens with one attached hydrogen (secondary N) is 1. The number of fused-ring (bicyclic) bond motifs is 1. The molecule has 2 atom stereocenters. The molecular formula is C16H18BrFN2S. The Bertz CT molecular complexity index is 628. The highest BCUT2D eigenvalue weighted by Crippen LogP contribution is 2.37. The van der Waals surface area contributed by atoms with Gasteiger partial charge in [0.2, 0.25) is 0 Å². The number of nitrogens with two attached hydrogens (primary N) is 1. The van der Waals surface area contributed by atoms with Gasteiger partial charge in [0.05, 0.1) is 0 Å². The third kappa shape index (κ3) is 3.21. The van der Waals surface area contributed by atoms with Crippen LogP contribution in [-0.2, 0) is 12.8 Å². The Morgan fingerprint density at radius 3 is 3.05 bits per heavy atom. The minimum Gasteiger partial charge on any atom is -0.271 e. The van der Waals surface area contributed by atoms with Crippen LogP contribution in [0.4, 0.5) is 4.39 Å². The predicted molar refractivity (Wildman–Crippen MR) is 88.9 cm³/mol. The Morgan fingerprint density at radius 1 is 1.43 bits per heavy atom. The maximum Gasteiger partial charge on any atom is 0.127 e. The molecule has 1 aromatic carbocycles. The number of halogens is 2. The molecule has 0 bridgehead atoms. The Kier molecular flexibility index (Phi) is 4.74. The molecule has 0 saturated heterocycles. The van der Waals surface area contributed by atoms with Crippen molar-refractivity contribution in [2.45, 2.75) is 37.6 Å². The SMILES string of the molecule is NNC(Cc1ccc(Br)cc1F)C1CCCc2sccc21. The molecule has 2 nitrogen and oxygen atoms in total. The quantitative estimate of drug-likeness (QED) is 0.628. The Balaban J connectivity index is 1.83. The lowest BCUT2D eigenvalue weighted by Crippen LogP contribution is -2.42. The van der Waals surface area contributed by atoms with Crippen LogP contribution in [0.15, 0.2) is 34.1 Å². The molecule has 0 amide bonds. The molecule has 0 spiro atoms. The summed E-state index contributed by atoms with van der Waals surface area (Å²) in [6.45, 7) is 0. The van der Waals surface area contributed by atoms with Gasteiger partial charge in [-0.25, -0.2) is 4.39 Å². The molecule has 2 aromatic rings. The van der Waals surface area contributed by atoms with Gasteiger partial charge in [-0.3, -0.25) is 11.3 Å². The number of rotatable bonds is 4. The second kappa shape index (κ2) is 6.57. The zero-order valence-corrected chi connectivity index (χ0v) is 14.0. The van der Waals surface area contributed by atoms with E-state index in [-0.39, 0.29) is 11.9 Å². The lowest BCUT2D eigenvalue weighted by Gasteiger charge is -2.30. The zero-order chi connectivity index (χ0) is 14.8. The van der Waals surface area contributed by atoms with Crippen molar-refractivity contribution in [1.82, 2.24) is 5.43 Å². The molecule has 0 saturated carbocycles. The van der Waals surface area contributed by atoms with E-state index in [4.69, 9.17) is 5.84 Å². The number of thiophene rings is 1. The fourth-order valence-corrected chi connectivity index (χ4v) is 4.51. The number of hydrogen-bond acceptors (Lipinski definition) is 3.